The molecule has 3 aromatic rings. The first-order valence-corrected chi connectivity index (χ1v) is 13.0. The second kappa shape index (κ2) is 10.7. The molecule has 4 rings (SSSR count). The van der Waals surface area contributed by atoms with E-state index in [0.29, 0.717) is 34.4 Å². The van der Waals surface area contributed by atoms with Crippen molar-refractivity contribution in [3.8, 4) is 0 Å². The van der Waals surface area contributed by atoms with Gasteiger partial charge in [0.05, 0.1) is 17.1 Å². The summed E-state index contributed by atoms with van der Waals surface area (Å²) in [5, 5.41) is 17.3. The van der Waals surface area contributed by atoms with Gasteiger partial charge in [0.1, 0.15) is 0 Å². The van der Waals surface area contributed by atoms with Crippen LogP contribution in [0.2, 0.25) is 10.0 Å². The average Bonchev–Trinajstić information content (AvgIpc) is 3.30. The molecule has 1 aromatic heterocycles. The molecule has 1 heterocycles. The van der Waals surface area contributed by atoms with E-state index >= 15 is 0 Å². The summed E-state index contributed by atoms with van der Waals surface area (Å²) in [6.45, 7) is 6.26. The highest BCUT2D eigenvalue weighted by atomic mass is 35.5. The number of nitrogens with zero attached hydrogens (tertiary/aromatic N) is 4. The molecule has 1 aliphatic rings. The number of anilines is 1. The van der Waals surface area contributed by atoms with Crippen LogP contribution in [-0.4, -0.2) is 20.2 Å². The number of hydrogen-bond donors (Lipinski definition) is 1. The Kier molecular flexibility index (Phi) is 7.91. The number of alkyl halides is 3. The molecule has 0 spiro atoms. The largest absolute Gasteiger partial charge is 0.416 e. The number of nitrogens with one attached hydrogen (secondary N) is 1. The Morgan fingerprint density at radius 3 is 2.41 bits per heavy atom. The first-order valence-electron chi connectivity index (χ1n) is 12.3. The van der Waals surface area contributed by atoms with Crippen molar-refractivity contribution in [2.24, 2.45) is 5.41 Å². The van der Waals surface area contributed by atoms with Gasteiger partial charge < -0.3 is 5.32 Å². The highest BCUT2D eigenvalue weighted by molar-refractivity contribution is 6.35. The SMILES string of the molecule is CC(C)(C)C(/C=C/c1ccc(Cl)cc1Cl)n1nnnc1C1(Nc2cccc(C(F)(F)F)c2)CCCCC1. The number of hydrogen-bond acceptors (Lipinski definition) is 4. The molecule has 0 aliphatic heterocycles. The molecule has 0 saturated heterocycles. The third-order valence-electron chi connectivity index (χ3n) is 6.77. The highest BCUT2D eigenvalue weighted by Gasteiger charge is 2.42. The number of halogens is 5. The molecular formula is C27H30Cl2F3N5. The van der Waals surface area contributed by atoms with Gasteiger partial charge in [0, 0.05) is 15.7 Å². The van der Waals surface area contributed by atoms with Crippen LogP contribution in [0.4, 0.5) is 18.9 Å². The minimum absolute atomic E-state index is 0.258. The number of rotatable bonds is 6. The molecule has 198 valence electrons. The van der Waals surface area contributed by atoms with Crippen molar-refractivity contribution in [2.45, 2.75) is 70.6 Å². The lowest BCUT2D eigenvalue weighted by molar-refractivity contribution is -0.137. The van der Waals surface area contributed by atoms with E-state index in [1.807, 2.05) is 18.2 Å². The molecule has 0 radical (unpaired) electrons. The second-order valence-corrected chi connectivity index (χ2v) is 11.5. The van der Waals surface area contributed by atoms with Crippen LogP contribution in [0.3, 0.4) is 0 Å². The summed E-state index contributed by atoms with van der Waals surface area (Å²) < 4.78 is 42.0. The summed E-state index contributed by atoms with van der Waals surface area (Å²) in [5.74, 6) is 0.608. The van der Waals surface area contributed by atoms with Crippen LogP contribution in [0.1, 0.15) is 75.9 Å². The average molecular weight is 552 g/mol. The molecular weight excluding hydrogens is 522 g/mol. The van der Waals surface area contributed by atoms with E-state index < -0.39 is 17.3 Å². The lowest BCUT2D eigenvalue weighted by Crippen LogP contribution is -2.42. The molecule has 1 aliphatic carbocycles. The summed E-state index contributed by atoms with van der Waals surface area (Å²) in [5.41, 5.74) is -0.489. The van der Waals surface area contributed by atoms with Crippen LogP contribution >= 0.6 is 23.2 Å². The summed E-state index contributed by atoms with van der Waals surface area (Å²) >= 11 is 12.4. The van der Waals surface area contributed by atoms with Gasteiger partial charge in [-0.3, -0.25) is 0 Å². The molecule has 1 fully saturated rings. The van der Waals surface area contributed by atoms with Crippen molar-refractivity contribution >= 4 is 35.0 Å². The fraction of sp³-hybridized carbons (Fsp3) is 0.444. The summed E-state index contributed by atoms with van der Waals surface area (Å²) in [6, 6.07) is 10.3. The van der Waals surface area contributed by atoms with Crippen LogP contribution in [0.15, 0.2) is 48.5 Å². The summed E-state index contributed by atoms with van der Waals surface area (Å²) in [4.78, 5) is 0. The minimum atomic E-state index is -4.43. The van der Waals surface area contributed by atoms with Crippen molar-refractivity contribution in [1.82, 2.24) is 20.2 Å². The third kappa shape index (κ3) is 6.29. The molecule has 0 amide bonds. The van der Waals surface area contributed by atoms with Gasteiger partial charge >= 0.3 is 6.18 Å². The standard InChI is InChI=1S/C27H30Cl2F3N5/c1-25(2,3)23(13-11-18-10-12-20(28)17-22(18)29)37-24(34-35-36-37)26(14-5-4-6-15-26)33-21-9-7-8-19(16-21)27(30,31)32/h7-13,16-17,23,33H,4-6,14-15H2,1-3H3/b13-11+. The number of allylic oxidation sites excluding steroid dienone is 1. The Labute approximate surface area is 225 Å². The Bertz CT molecular complexity index is 1260. The Hall–Kier alpha value is -2.58. The van der Waals surface area contributed by atoms with Gasteiger partial charge in [-0.1, -0.05) is 87.5 Å². The first kappa shape index (κ1) is 27.5. The zero-order chi connectivity index (χ0) is 26.8. The van der Waals surface area contributed by atoms with Gasteiger partial charge in [-0.05, 0) is 64.6 Å². The Morgan fingerprint density at radius 1 is 1.03 bits per heavy atom. The van der Waals surface area contributed by atoms with Crippen LogP contribution in [0.5, 0.6) is 0 Å². The molecule has 2 aromatic carbocycles. The number of aromatic nitrogens is 4. The van der Waals surface area contributed by atoms with Crippen LogP contribution < -0.4 is 5.32 Å². The quantitative estimate of drug-likeness (QED) is 0.333. The van der Waals surface area contributed by atoms with Crippen LogP contribution in [0, 0.1) is 5.41 Å². The summed E-state index contributed by atoms with van der Waals surface area (Å²) in [7, 11) is 0. The van der Waals surface area contributed by atoms with E-state index in [1.165, 1.54) is 6.07 Å². The van der Waals surface area contributed by atoms with Gasteiger partial charge in [-0.25, -0.2) is 4.68 Å². The van der Waals surface area contributed by atoms with E-state index in [-0.39, 0.29) is 11.5 Å². The predicted molar refractivity (Wildman–Crippen MR) is 142 cm³/mol. The molecule has 10 heteroatoms. The maximum atomic E-state index is 13.4. The third-order valence-corrected chi connectivity index (χ3v) is 7.34. The van der Waals surface area contributed by atoms with Crippen LogP contribution in [0.25, 0.3) is 6.08 Å². The molecule has 5 nitrogen and oxygen atoms in total. The zero-order valence-corrected chi connectivity index (χ0v) is 22.5. The lowest BCUT2D eigenvalue weighted by Gasteiger charge is -2.39. The van der Waals surface area contributed by atoms with E-state index in [0.717, 1.165) is 37.0 Å². The maximum Gasteiger partial charge on any atom is 0.416 e. The molecule has 0 bridgehead atoms. The van der Waals surface area contributed by atoms with E-state index in [4.69, 9.17) is 23.2 Å². The minimum Gasteiger partial charge on any atom is -0.373 e. The van der Waals surface area contributed by atoms with E-state index in [9.17, 15) is 13.2 Å². The van der Waals surface area contributed by atoms with E-state index in [1.54, 1.807) is 22.9 Å². The first-order chi connectivity index (χ1) is 17.4. The fourth-order valence-electron chi connectivity index (χ4n) is 4.87. The van der Waals surface area contributed by atoms with E-state index in [2.05, 4.69) is 41.6 Å². The fourth-order valence-corrected chi connectivity index (χ4v) is 5.35. The molecule has 37 heavy (non-hydrogen) atoms. The lowest BCUT2D eigenvalue weighted by atomic mass is 9.79. The second-order valence-electron chi connectivity index (χ2n) is 10.6. The maximum absolute atomic E-state index is 13.4. The number of benzene rings is 2. The monoisotopic (exact) mass is 551 g/mol. The molecule has 1 unspecified atom stereocenters. The van der Waals surface area contributed by atoms with Gasteiger partial charge in [-0.15, -0.1) is 5.10 Å². The highest BCUT2D eigenvalue weighted by Crippen LogP contribution is 2.43. The van der Waals surface area contributed by atoms with Crippen molar-refractivity contribution in [3.63, 3.8) is 0 Å². The normalized spacial score (nSPS) is 17.2. The van der Waals surface area contributed by atoms with Crippen molar-refractivity contribution in [2.75, 3.05) is 5.32 Å². The smallest absolute Gasteiger partial charge is 0.373 e. The number of tetrazole rings is 1. The summed E-state index contributed by atoms with van der Waals surface area (Å²) in [6.07, 6.45) is 3.78. The van der Waals surface area contributed by atoms with Gasteiger partial charge in [0.15, 0.2) is 5.82 Å². The Balaban J connectivity index is 1.75. The van der Waals surface area contributed by atoms with Crippen molar-refractivity contribution in [1.29, 1.82) is 0 Å². The van der Waals surface area contributed by atoms with Gasteiger partial charge in [-0.2, -0.15) is 13.2 Å². The van der Waals surface area contributed by atoms with Gasteiger partial charge in [0.25, 0.3) is 0 Å². The Morgan fingerprint density at radius 2 is 1.76 bits per heavy atom. The molecule has 1 N–H and O–H groups in total. The van der Waals surface area contributed by atoms with Gasteiger partial charge in [0.2, 0.25) is 0 Å². The topological polar surface area (TPSA) is 55.6 Å². The zero-order valence-electron chi connectivity index (χ0n) is 21.0. The predicted octanol–water partition coefficient (Wildman–Crippen LogP) is 8.57. The molecule has 1 atom stereocenters. The van der Waals surface area contributed by atoms with Crippen molar-refractivity contribution in [3.05, 3.63) is 75.5 Å². The van der Waals surface area contributed by atoms with Crippen molar-refractivity contribution < 1.29 is 13.2 Å². The van der Waals surface area contributed by atoms with Crippen LogP contribution in [-0.2, 0) is 11.7 Å². The molecule has 1 saturated carbocycles.